The topological polar surface area (TPSA) is 64.7 Å². The fourth-order valence-electron chi connectivity index (χ4n) is 1.53. The van der Waals surface area contributed by atoms with E-state index in [1.165, 1.54) is 0 Å². The number of ether oxygens (including phenoxy) is 2. The van der Waals surface area contributed by atoms with Crippen LogP contribution in [-0.4, -0.2) is 32.5 Å². The van der Waals surface area contributed by atoms with E-state index in [0.29, 0.717) is 18.0 Å². The number of hydrogen-bond acceptors (Lipinski definition) is 4. The summed E-state index contributed by atoms with van der Waals surface area (Å²) in [6.07, 6.45) is 0. The molecular weight excluding hydrogens is 194 g/mol. The van der Waals surface area contributed by atoms with Crippen molar-refractivity contribution in [3.63, 3.8) is 0 Å². The molecule has 0 saturated carbocycles. The molecule has 4 heteroatoms. The van der Waals surface area contributed by atoms with E-state index >= 15 is 0 Å². The second-order valence-corrected chi connectivity index (χ2v) is 3.20. The quantitative estimate of drug-likeness (QED) is 0.754. The zero-order chi connectivity index (χ0) is 11.3. The van der Waals surface area contributed by atoms with Gasteiger partial charge in [0.15, 0.2) is 11.5 Å². The third-order valence-corrected chi connectivity index (χ3v) is 2.38. The van der Waals surface area contributed by atoms with Crippen LogP contribution in [0.15, 0.2) is 18.2 Å². The Hall–Kier alpha value is -1.26. The molecule has 0 aromatic heterocycles. The highest BCUT2D eigenvalue weighted by Gasteiger charge is 2.16. The van der Waals surface area contributed by atoms with Gasteiger partial charge >= 0.3 is 0 Å². The van der Waals surface area contributed by atoms with Crippen LogP contribution >= 0.6 is 0 Å². The Bertz CT molecular complexity index is 311. The average Bonchev–Trinajstić information content (AvgIpc) is 2.30. The van der Waals surface area contributed by atoms with Crippen LogP contribution in [-0.2, 0) is 0 Å². The SMILES string of the molecule is COc1cccc(C(CN)CO)c1OC. The Morgan fingerprint density at radius 1 is 1.33 bits per heavy atom. The molecule has 0 fully saturated rings. The van der Waals surface area contributed by atoms with Gasteiger partial charge in [0.25, 0.3) is 0 Å². The predicted octanol–water partition coefficient (Wildman–Crippen LogP) is 0.738. The third-order valence-electron chi connectivity index (χ3n) is 2.38. The minimum absolute atomic E-state index is 0.0000274. The van der Waals surface area contributed by atoms with Gasteiger partial charge < -0.3 is 20.3 Å². The zero-order valence-electron chi connectivity index (χ0n) is 9.06. The molecule has 0 spiro atoms. The standard InChI is InChI=1S/C11H17NO3/c1-14-10-5-3-4-9(11(10)15-2)8(6-12)7-13/h3-5,8,13H,6-7,12H2,1-2H3. The van der Waals surface area contributed by atoms with Gasteiger partial charge in [-0.1, -0.05) is 12.1 Å². The molecule has 0 saturated heterocycles. The number of nitrogens with two attached hydrogens (primary N) is 1. The van der Waals surface area contributed by atoms with Crippen LogP contribution in [0.2, 0.25) is 0 Å². The molecule has 0 aliphatic rings. The summed E-state index contributed by atoms with van der Waals surface area (Å²) in [5.41, 5.74) is 6.45. The van der Waals surface area contributed by atoms with Gasteiger partial charge in [-0.05, 0) is 6.07 Å². The Kier molecular flexibility index (Phi) is 4.39. The van der Waals surface area contributed by atoms with Crippen LogP contribution in [0.1, 0.15) is 11.5 Å². The van der Waals surface area contributed by atoms with Crippen LogP contribution in [0.3, 0.4) is 0 Å². The minimum atomic E-state index is -0.116. The summed E-state index contributed by atoms with van der Waals surface area (Å²) < 4.78 is 10.4. The predicted molar refractivity (Wildman–Crippen MR) is 58.4 cm³/mol. The zero-order valence-corrected chi connectivity index (χ0v) is 9.06. The molecule has 0 bridgehead atoms. The maximum atomic E-state index is 9.19. The number of methoxy groups -OCH3 is 2. The van der Waals surface area contributed by atoms with Crippen molar-refractivity contribution in [2.45, 2.75) is 5.92 Å². The lowest BCUT2D eigenvalue weighted by molar-refractivity contribution is 0.263. The molecule has 0 amide bonds. The van der Waals surface area contributed by atoms with Crippen LogP contribution in [0.25, 0.3) is 0 Å². The van der Waals surface area contributed by atoms with Gasteiger partial charge in [0, 0.05) is 18.0 Å². The van der Waals surface area contributed by atoms with Crippen molar-refractivity contribution >= 4 is 0 Å². The van der Waals surface area contributed by atoms with Gasteiger partial charge in [0.2, 0.25) is 0 Å². The summed E-state index contributed by atoms with van der Waals surface area (Å²) in [4.78, 5) is 0. The van der Waals surface area contributed by atoms with E-state index in [-0.39, 0.29) is 12.5 Å². The van der Waals surface area contributed by atoms with Gasteiger partial charge in [-0.3, -0.25) is 0 Å². The number of rotatable bonds is 5. The lowest BCUT2D eigenvalue weighted by Crippen LogP contribution is -2.17. The van der Waals surface area contributed by atoms with Gasteiger partial charge in [0.05, 0.1) is 20.8 Å². The number of hydrogen-bond donors (Lipinski definition) is 2. The first kappa shape index (κ1) is 11.8. The normalized spacial score (nSPS) is 12.3. The Morgan fingerprint density at radius 3 is 2.53 bits per heavy atom. The molecule has 15 heavy (non-hydrogen) atoms. The molecule has 1 atom stereocenters. The fourth-order valence-corrected chi connectivity index (χ4v) is 1.53. The Balaban J connectivity index is 3.15. The molecule has 1 aromatic carbocycles. The lowest BCUT2D eigenvalue weighted by Gasteiger charge is -2.17. The highest BCUT2D eigenvalue weighted by atomic mass is 16.5. The third kappa shape index (κ3) is 2.40. The van der Waals surface area contributed by atoms with Gasteiger partial charge in [-0.25, -0.2) is 0 Å². The minimum Gasteiger partial charge on any atom is -0.493 e. The van der Waals surface area contributed by atoms with Crippen LogP contribution < -0.4 is 15.2 Å². The average molecular weight is 211 g/mol. The first-order chi connectivity index (χ1) is 7.28. The van der Waals surface area contributed by atoms with Crippen molar-refractivity contribution in [2.24, 2.45) is 5.73 Å². The van der Waals surface area contributed by atoms with Crippen molar-refractivity contribution < 1.29 is 14.6 Å². The van der Waals surface area contributed by atoms with Crippen LogP contribution in [0.5, 0.6) is 11.5 Å². The van der Waals surface area contributed by atoms with Crippen LogP contribution in [0, 0.1) is 0 Å². The molecule has 0 radical (unpaired) electrons. The van der Waals surface area contributed by atoms with Crippen molar-refractivity contribution in [2.75, 3.05) is 27.4 Å². The Labute approximate surface area is 89.6 Å². The van der Waals surface area contributed by atoms with E-state index in [2.05, 4.69) is 0 Å². The molecule has 4 nitrogen and oxygen atoms in total. The van der Waals surface area contributed by atoms with E-state index in [1.807, 2.05) is 18.2 Å². The Morgan fingerprint density at radius 2 is 2.07 bits per heavy atom. The molecule has 84 valence electrons. The molecule has 1 unspecified atom stereocenters. The molecule has 3 N–H and O–H groups in total. The molecule has 0 heterocycles. The number of benzene rings is 1. The fraction of sp³-hybridized carbons (Fsp3) is 0.455. The number of para-hydroxylation sites is 1. The van der Waals surface area contributed by atoms with Crippen molar-refractivity contribution in [3.8, 4) is 11.5 Å². The van der Waals surface area contributed by atoms with E-state index in [4.69, 9.17) is 15.2 Å². The van der Waals surface area contributed by atoms with E-state index in [1.54, 1.807) is 14.2 Å². The van der Waals surface area contributed by atoms with Crippen molar-refractivity contribution in [3.05, 3.63) is 23.8 Å². The molecule has 1 aromatic rings. The van der Waals surface area contributed by atoms with Crippen LogP contribution in [0.4, 0.5) is 0 Å². The summed E-state index contributed by atoms with van der Waals surface area (Å²) in [5, 5.41) is 9.19. The van der Waals surface area contributed by atoms with E-state index < -0.39 is 0 Å². The monoisotopic (exact) mass is 211 g/mol. The highest BCUT2D eigenvalue weighted by molar-refractivity contribution is 5.48. The lowest BCUT2D eigenvalue weighted by atomic mass is 9.99. The molecule has 1 rings (SSSR count). The van der Waals surface area contributed by atoms with Gasteiger partial charge in [-0.15, -0.1) is 0 Å². The maximum absolute atomic E-state index is 9.19. The number of aliphatic hydroxyl groups is 1. The highest BCUT2D eigenvalue weighted by Crippen LogP contribution is 2.34. The maximum Gasteiger partial charge on any atom is 0.164 e. The summed E-state index contributed by atoms with van der Waals surface area (Å²) in [6.45, 7) is 0.375. The largest absolute Gasteiger partial charge is 0.493 e. The summed E-state index contributed by atoms with van der Waals surface area (Å²) in [5.74, 6) is 1.18. The first-order valence-corrected chi connectivity index (χ1v) is 4.80. The van der Waals surface area contributed by atoms with Crippen molar-refractivity contribution in [1.29, 1.82) is 0 Å². The second kappa shape index (κ2) is 5.58. The summed E-state index contributed by atoms with van der Waals surface area (Å²) in [6, 6.07) is 5.55. The first-order valence-electron chi connectivity index (χ1n) is 4.80. The van der Waals surface area contributed by atoms with E-state index in [9.17, 15) is 5.11 Å². The smallest absolute Gasteiger partial charge is 0.164 e. The van der Waals surface area contributed by atoms with Gasteiger partial charge in [0.1, 0.15) is 0 Å². The number of aliphatic hydroxyl groups excluding tert-OH is 1. The molecule has 0 aliphatic carbocycles. The summed E-state index contributed by atoms with van der Waals surface area (Å²) in [7, 11) is 3.16. The van der Waals surface area contributed by atoms with E-state index in [0.717, 1.165) is 5.56 Å². The van der Waals surface area contributed by atoms with Gasteiger partial charge in [-0.2, -0.15) is 0 Å². The molecular formula is C11H17NO3. The second-order valence-electron chi connectivity index (χ2n) is 3.20. The molecule has 0 aliphatic heterocycles. The summed E-state index contributed by atoms with van der Waals surface area (Å²) >= 11 is 0. The van der Waals surface area contributed by atoms with Crippen molar-refractivity contribution in [1.82, 2.24) is 0 Å².